The Labute approximate surface area is 90.0 Å². The number of hydrogen-bond donors (Lipinski definition) is 3. The fourth-order valence-electron chi connectivity index (χ4n) is 1.64. The average molecular weight is 216 g/mol. The molecule has 0 aliphatic carbocycles. The molecule has 0 aromatic carbocycles. The summed E-state index contributed by atoms with van der Waals surface area (Å²) in [5.74, 6) is -0.133. The van der Waals surface area contributed by atoms with E-state index in [0.29, 0.717) is 6.54 Å². The van der Waals surface area contributed by atoms with Crippen LogP contribution in [0.1, 0.15) is 26.2 Å². The molecule has 1 fully saturated rings. The van der Waals surface area contributed by atoms with Gasteiger partial charge in [-0.3, -0.25) is 4.79 Å². The molecule has 0 radical (unpaired) electrons. The van der Waals surface area contributed by atoms with Crippen molar-refractivity contribution >= 4 is 5.91 Å². The Kier molecular flexibility index (Phi) is 5.01. The Balaban J connectivity index is 2.34. The predicted octanol–water partition coefficient (Wildman–Crippen LogP) is -0.620. The third-order valence-corrected chi connectivity index (χ3v) is 2.72. The van der Waals surface area contributed by atoms with Crippen LogP contribution in [0.4, 0.5) is 0 Å². The zero-order chi connectivity index (χ0) is 11.3. The van der Waals surface area contributed by atoms with Crippen LogP contribution in [0, 0.1) is 0 Å². The van der Waals surface area contributed by atoms with Gasteiger partial charge in [0.25, 0.3) is 0 Å². The number of carbonyl (C=O) groups is 1. The number of nitrogens with one attached hydrogen (secondary N) is 1. The molecule has 2 unspecified atom stereocenters. The number of carbonyl (C=O) groups excluding carboxylic acids is 1. The van der Waals surface area contributed by atoms with Crippen molar-refractivity contribution < 1.29 is 14.6 Å². The van der Waals surface area contributed by atoms with E-state index in [0.717, 1.165) is 19.3 Å². The highest BCUT2D eigenvalue weighted by Crippen LogP contribution is 2.18. The lowest BCUT2D eigenvalue weighted by atomic mass is 10.1. The molecule has 0 saturated carbocycles. The normalized spacial score (nSPS) is 27.7. The average Bonchev–Trinajstić information content (AvgIpc) is 2.74. The van der Waals surface area contributed by atoms with E-state index in [-0.39, 0.29) is 30.8 Å². The van der Waals surface area contributed by atoms with Crippen LogP contribution in [0.15, 0.2) is 0 Å². The first-order valence-corrected chi connectivity index (χ1v) is 5.48. The summed E-state index contributed by atoms with van der Waals surface area (Å²) in [5.41, 5.74) is 5.45. The van der Waals surface area contributed by atoms with Gasteiger partial charge in [0.15, 0.2) is 0 Å². The van der Waals surface area contributed by atoms with E-state index in [9.17, 15) is 4.79 Å². The molecule has 1 aliphatic heterocycles. The van der Waals surface area contributed by atoms with Crippen molar-refractivity contribution in [2.75, 3.05) is 13.2 Å². The van der Waals surface area contributed by atoms with Crippen LogP contribution < -0.4 is 11.1 Å². The van der Waals surface area contributed by atoms with E-state index >= 15 is 0 Å². The lowest BCUT2D eigenvalue weighted by Crippen LogP contribution is -2.43. The van der Waals surface area contributed by atoms with Gasteiger partial charge in [-0.2, -0.15) is 0 Å². The summed E-state index contributed by atoms with van der Waals surface area (Å²) in [6.07, 6.45) is 1.89. The van der Waals surface area contributed by atoms with E-state index in [1.807, 2.05) is 6.92 Å². The second-order valence-electron chi connectivity index (χ2n) is 3.86. The van der Waals surface area contributed by atoms with Gasteiger partial charge in [0.2, 0.25) is 5.91 Å². The van der Waals surface area contributed by atoms with Gasteiger partial charge in [-0.1, -0.05) is 6.92 Å². The number of ether oxygens (including phenoxy) is 1. The number of rotatable bonds is 5. The maximum absolute atomic E-state index is 11.6. The van der Waals surface area contributed by atoms with Crippen LogP contribution in [0.3, 0.4) is 0 Å². The highest BCUT2D eigenvalue weighted by Gasteiger charge is 2.30. The van der Waals surface area contributed by atoms with Crippen LogP contribution in [0.25, 0.3) is 0 Å². The summed E-state index contributed by atoms with van der Waals surface area (Å²) in [6, 6.07) is -0.168. The summed E-state index contributed by atoms with van der Waals surface area (Å²) in [7, 11) is 0. The van der Waals surface area contributed by atoms with Crippen LogP contribution in [-0.4, -0.2) is 42.4 Å². The first-order chi connectivity index (χ1) is 7.21. The van der Waals surface area contributed by atoms with Gasteiger partial charge in [0.1, 0.15) is 6.10 Å². The molecule has 0 aromatic heterocycles. The lowest BCUT2D eigenvalue weighted by molar-refractivity contribution is -0.132. The van der Waals surface area contributed by atoms with Crippen molar-refractivity contribution in [2.45, 2.75) is 44.4 Å². The standard InChI is InChI=1S/C10H20N2O3/c1-2-7(6-13)12-10(14)9-4-3-8(5-11)15-9/h7-9,13H,2-6,11H2,1H3,(H,12,14)/t7-,8?,9?/m0/s1. The fraction of sp³-hybridized carbons (Fsp3) is 0.900. The molecule has 1 aliphatic rings. The predicted molar refractivity (Wildman–Crippen MR) is 56.3 cm³/mol. The van der Waals surface area contributed by atoms with E-state index in [2.05, 4.69) is 5.32 Å². The van der Waals surface area contributed by atoms with Gasteiger partial charge in [-0.25, -0.2) is 0 Å². The minimum Gasteiger partial charge on any atom is -0.394 e. The molecule has 0 aromatic rings. The first kappa shape index (κ1) is 12.4. The van der Waals surface area contributed by atoms with Crippen LogP contribution in [0.5, 0.6) is 0 Å². The molecule has 0 bridgehead atoms. The molecular weight excluding hydrogens is 196 g/mol. The number of hydrogen-bond acceptors (Lipinski definition) is 4. The molecule has 4 N–H and O–H groups in total. The molecule has 3 atom stereocenters. The molecule has 1 heterocycles. The monoisotopic (exact) mass is 216 g/mol. The third kappa shape index (κ3) is 3.44. The second-order valence-corrected chi connectivity index (χ2v) is 3.86. The summed E-state index contributed by atoms with van der Waals surface area (Å²) < 4.78 is 5.44. The van der Waals surface area contributed by atoms with Gasteiger partial charge in [-0.15, -0.1) is 0 Å². The molecule has 88 valence electrons. The first-order valence-electron chi connectivity index (χ1n) is 5.48. The second kappa shape index (κ2) is 6.05. The van der Waals surface area contributed by atoms with Gasteiger partial charge >= 0.3 is 0 Å². The van der Waals surface area contributed by atoms with Crippen molar-refractivity contribution in [3.8, 4) is 0 Å². The van der Waals surface area contributed by atoms with E-state index in [1.165, 1.54) is 0 Å². The molecule has 15 heavy (non-hydrogen) atoms. The SMILES string of the molecule is CC[C@@H](CO)NC(=O)C1CCC(CN)O1. The number of nitrogens with two attached hydrogens (primary N) is 1. The van der Waals surface area contributed by atoms with Crippen LogP contribution >= 0.6 is 0 Å². The number of amides is 1. The highest BCUT2D eigenvalue weighted by molar-refractivity contribution is 5.81. The van der Waals surface area contributed by atoms with Gasteiger partial charge in [0.05, 0.1) is 18.8 Å². The Bertz CT molecular complexity index is 207. The van der Waals surface area contributed by atoms with Crippen LogP contribution in [0.2, 0.25) is 0 Å². The summed E-state index contributed by atoms with van der Waals surface area (Å²) >= 11 is 0. The minimum atomic E-state index is -0.390. The summed E-state index contributed by atoms with van der Waals surface area (Å²) in [5, 5.41) is 11.7. The van der Waals surface area contributed by atoms with E-state index in [1.54, 1.807) is 0 Å². The van der Waals surface area contributed by atoms with E-state index < -0.39 is 0 Å². The summed E-state index contributed by atoms with van der Waals surface area (Å²) in [4.78, 5) is 11.6. The van der Waals surface area contributed by atoms with Crippen molar-refractivity contribution in [1.82, 2.24) is 5.32 Å². The van der Waals surface area contributed by atoms with E-state index in [4.69, 9.17) is 15.6 Å². The quantitative estimate of drug-likeness (QED) is 0.572. The topological polar surface area (TPSA) is 84.6 Å². The molecule has 5 nitrogen and oxygen atoms in total. The van der Waals surface area contributed by atoms with Crippen molar-refractivity contribution in [3.05, 3.63) is 0 Å². The molecule has 1 rings (SSSR count). The molecule has 1 saturated heterocycles. The van der Waals surface area contributed by atoms with Crippen molar-refractivity contribution in [3.63, 3.8) is 0 Å². The van der Waals surface area contributed by atoms with Gasteiger partial charge < -0.3 is 20.9 Å². The Morgan fingerprint density at radius 2 is 2.40 bits per heavy atom. The minimum absolute atomic E-state index is 0.00922. The Morgan fingerprint density at radius 3 is 2.87 bits per heavy atom. The van der Waals surface area contributed by atoms with Crippen molar-refractivity contribution in [2.24, 2.45) is 5.73 Å². The molecule has 0 spiro atoms. The number of aliphatic hydroxyl groups excluding tert-OH is 1. The molecule has 1 amide bonds. The Morgan fingerprint density at radius 1 is 1.67 bits per heavy atom. The molecular formula is C10H20N2O3. The third-order valence-electron chi connectivity index (χ3n) is 2.72. The van der Waals surface area contributed by atoms with Crippen LogP contribution in [-0.2, 0) is 9.53 Å². The maximum Gasteiger partial charge on any atom is 0.249 e. The zero-order valence-electron chi connectivity index (χ0n) is 9.11. The van der Waals surface area contributed by atoms with Gasteiger partial charge in [0, 0.05) is 6.54 Å². The summed E-state index contributed by atoms with van der Waals surface area (Å²) in [6.45, 7) is 2.34. The fourth-order valence-corrected chi connectivity index (χ4v) is 1.64. The highest BCUT2D eigenvalue weighted by atomic mass is 16.5. The maximum atomic E-state index is 11.6. The number of aliphatic hydroxyl groups is 1. The largest absolute Gasteiger partial charge is 0.394 e. The zero-order valence-corrected chi connectivity index (χ0v) is 9.11. The van der Waals surface area contributed by atoms with Crippen molar-refractivity contribution in [1.29, 1.82) is 0 Å². The lowest BCUT2D eigenvalue weighted by Gasteiger charge is -2.17. The smallest absolute Gasteiger partial charge is 0.249 e. The Hall–Kier alpha value is -0.650. The van der Waals surface area contributed by atoms with Gasteiger partial charge in [-0.05, 0) is 19.3 Å². The molecule has 5 heteroatoms.